The third-order valence-electron chi connectivity index (χ3n) is 5.04. The van der Waals surface area contributed by atoms with Gasteiger partial charge in [0.2, 0.25) is 16.0 Å². The summed E-state index contributed by atoms with van der Waals surface area (Å²) in [5, 5.41) is 11.9. The topological polar surface area (TPSA) is 100 Å². The Morgan fingerprint density at radius 1 is 1.07 bits per heavy atom. The van der Waals surface area contributed by atoms with Gasteiger partial charge in [0.25, 0.3) is 0 Å². The van der Waals surface area contributed by atoms with E-state index in [0.717, 1.165) is 31.9 Å². The maximum atomic E-state index is 11.8. The molecule has 3 N–H and O–H groups in total. The Hall–Kier alpha value is -2.58. The Bertz CT molecular complexity index is 923. The van der Waals surface area contributed by atoms with Crippen LogP contribution in [0.2, 0.25) is 0 Å². The summed E-state index contributed by atoms with van der Waals surface area (Å²) in [6.07, 6.45) is 4.99. The molecular weight excluding hydrogens is 402 g/mol. The second kappa shape index (κ2) is 10.4. The van der Waals surface area contributed by atoms with Crippen molar-refractivity contribution in [3.63, 3.8) is 0 Å². The highest BCUT2D eigenvalue weighted by atomic mass is 32.2. The molecule has 1 fully saturated rings. The first-order chi connectivity index (χ1) is 14.4. The van der Waals surface area contributed by atoms with Crippen LogP contribution in [0, 0.1) is 0 Å². The molecule has 30 heavy (non-hydrogen) atoms. The molecule has 1 saturated carbocycles. The molecule has 0 unspecified atom stereocenters. The highest BCUT2D eigenvalue weighted by Gasteiger charge is 2.22. The van der Waals surface area contributed by atoms with Gasteiger partial charge in [0.1, 0.15) is 12.4 Å². The van der Waals surface area contributed by atoms with Crippen LogP contribution in [-0.2, 0) is 10.0 Å². The summed E-state index contributed by atoms with van der Waals surface area (Å²) in [6, 6.07) is 17.6. The molecule has 0 atom stereocenters. The molecule has 162 valence electrons. The van der Waals surface area contributed by atoms with E-state index in [-0.39, 0.29) is 25.2 Å². The van der Waals surface area contributed by atoms with Crippen LogP contribution in [0.25, 0.3) is 0 Å². The highest BCUT2D eigenvalue weighted by Crippen LogP contribution is 2.34. The molecule has 2 aromatic rings. The van der Waals surface area contributed by atoms with Gasteiger partial charge in [-0.15, -0.1) is 0 Å². The predicted molar refractivity (Wildman–Crippen MR) is 119 cm³/mol. The molecule has 1 aliphatic carbocycles. The number of anilines is 1. The van der Waals surface area contributed by atoms with Gasteiger partial charge in [-0.3, -0.25) is 4.72 Å². The van der Waals surface area contributed by atoms with Crippen molar-refractivity contribution < 1.29 is 18.3 Å². The average Bonchev–Trinajstić information content (AvgIpc) is 2.73. The normalized spacial score (nSPS) is 19.9. The minimum absolute atomic E-state index is 0.0540. The van der Waals surface area contributed by atoms with Gasteiger partial charge in [0.15, 0.2) is 0 Å². The van der Waals surface area contributed by atoms with Gasteiger partial charge >= 0.3 is 0 Å². The lowest BCUT2D eigenvalue weighted by molar-refractivity contribution is 0.201. The van der Waals surface area contributed by atoms with E-state index in [9.17, 15) is 8.42 Å². The molecule has 0 bridgehead atoms. The number of benzene rings is 2. The zero-order valence-electron chi connectivity index (χ0n) is 17.1. The van der Waals surface area contributed by atoms with Gasteiger partial charge in [0.05, 0.1) is 18.9 Å². The fraction of sp³-hybridized carbons (Fsp3) is 0.409. The van der Waals surface area contributed by atoms with E-state index in [2.05, 4.69) is 39.3 Å². The van der Waals surface area contributed by atoms with E-state index in [0.29, 0.717) is 17.4 Å². The number of hydrogen-bond acceptors (Lipinski definition) is 5. The van der Waals surface area contributed by atoms with Crippen molar-refractivity contribution in [2.75, 3.05) is 24.8 Å². The van der Waals surface area contributed by atoms with E-state index in [1.54, 1.807) is 24.3 Å². The molecular formula is C22H29N3O4S. The smallest absolute Gasteiger partial charge is 0.232 e. The SMILES string of the molecule is CS(=O)(=O)NC(=NC1CCC(c2ccccc2)CC1)Nc1ccc(OCCO)cc1. The molecule has 7 nitrogen and oxygen atoms in total. The number of aliphatic hydroxyl groups is 1. The number of hydrogen-bond donors (Lipinski definition) is 3. The standard InChI is InChI=1S/C22H29N3O4S/c1-30(27,28)25-22(24-20-11-13-21(14-12-20)29-16-15-26)23-19-9-7-18(8-10-19)17-5-3-2-4-6-17/h2-6,11-14,18-19,26H,7-10,15-16H2,1H3,(H2,23,24,25). The van der Waals surface area contributed by atoms with Gasteiger partial charge in [-0.25, -0.2) is 13.4 Å². The monoisotopic (exact) mass is 431 g/mol. The molecule has 1 aliphatic rings. The number of aliphatic imine (C=N–C) groups is 1. The fourth-order valence-electron chi connectivity index (χ4n) is 3.64. The number of aliphatic hydroxyl groups excluding tert-OH is 1. The van der Waals surface area contributed by atoms with Crippen molar-refractivity contribution in [3.05, 3.63) is 60.2 Å². The molecule has 8 heteroatoms. The molecule has 3 rings (SSSR count). The number of sulfonamides is 1. The van der Waals surface area contributed by atoms with Crippen LogP contribution in [0.3, 0.4) is 0 Å². The summed E-state index contributed by atoms with van der Waals surface area (Å²) in [5.74, 6) is 1.39. The van der Waals surface area contributed by atoms with Crippen LogP contribution < -0.4 is 14.8 Å². The van der Waals surface area contributed by atoms with Crippen molar-refractivity contribution in [2.24, 2.45) is 4.99 Å². The summed E-state index contributed by atoms with van der Waals surface area (Å²) in [7, 11) is -3.46. The van der Waals surface area contributed by atoms with Gasteiger partial charge < -0.3 is 15.2 Å². The minimum atomic E-state index is -3.46. The molecule has 0 saturated heterocycles. The molecule has 0 amide bonds. The number of nitrogens with one attached hydrogen (secondary N) is 2. The molecule has 2 aromatic carbocycles. The molecule has 0 aliphatic heterocycles. The second-order valence-electron chi connectivity index (χ2n) is 7.49. The van der Waals surface area contributed by atoms with Crippen LogP contribution in [-0.4, -0.2) is 45.0 Å². The summed E-state index contributed by atoms with van der Waals surface area (Å²) in [5.41, 5.74) is 2.05. The third kappa shape index (κ3) is 7.03. The number of rotatable bonds is 7. The van der Waals surface area contributed by atoms with Crippen LogP contribution in [0.4, 0.5) is 5.69 Å². The Balaban J connectivity index is 1.65. The van der Waals surface area contributed by atoms with Gasteiger partial charge in [0, 0.05) is 5.69 Å². The lowest BCUT2D eigenvalue weighted by atomic mass is 9.82. The Morgan fingerprint density at radius 3 is 2.33 bits per heavy atom. The largest absolute Gasteiger partial charge is 0.491 e. The van der Waals surface area contributed by atoms with Crippen LogP contribution in [0.5, 0.6) is 5.75 Å². The maximum Gasteiger partial charge on any atom is 0.232 e. The van der Waals surface area contributed by atoms with Crippen LogP contribution >= 0.6 is 0 Å². The molecule has 0 aromatic heterocycles. The number of ether oxygens (including phenoxy) is 1. The van der Waals surface area contributed by atoms with E-state index in [4.69, 9.17) is 9.84 Å². The summed E-state index contributed by atoms with van der Waals surface area (Å²) < 4.78 is 31.4. The summed E-state index contributed by atoms with van der Waals surface area (Å²) in [6.45, 7) is 0.169. The Morgan fingerprint density at radius 2 is 1.73 bits per heavy atom. The average molecular weight is 432 g/mol. The molecule has 0 heterocycles. The van der Waals surface area contributed by atoms with Gasteiger partial charge in [-0.05, 0) is 61.4 Å². The van der Waals surface area contributed by atoms with Crippen LogP contribution in [0.1, 0.15) is 37.2 Å². The molecule has 0 radical (unpaired) electrons. The number of nitrogens with zero attached hydrogens (tertiary/aromatic N) is 1. The fourth-order valence-corrected chi connectivity index (χ4v) is 4.10. The first-order valence-electron chi connectivity index (χ1n) is 10.1. The minimum Gasteiger partial charge on any atom is -0.491 e. The van der Waals surface area contributed by atoms with Gasteiger partial charge in [-0.2, -0.15) is 0 Å². The second-order valence-corrected chi connectivity index (χ2v) is 9.24. The first kappa shape index (κ1) is 22.1. The zero-order valence-corrected chi connectivity index (χ0v) is 17.9. The summed E-state index contributed by atoms with van der Waals surface area (Å²) >= 11 is 0. The maximum absolute atomic E-state index is 11.8. The Labute approximate surface area is 178 Å². The van der Waals surface area contributed by atoms with Gasteiger partial charge in [-0.1, -0.05) is 30.3 Å². The third-order valence-corrected chi connectivity index (χ3v) is 5.60. The van der Waals surface area contributed by atoms with Crippen LogP contribution in [0.15, 0.2) is 59.6 Å². The zero-order chi connectivity index (χ0) is 21.4. The quantitative estimate of drug-likeness (QED) is 0.462. The van der Waals surface area contributed by atoms with E-state index in [1.807, 2.05) is 6.07 Å². The van der Waals surface area contributed by atoms with Crippen molar-refractivity contribution in [3.8, 4) is 5.75 Å². The first-order valence-corrected chi connectivity index (χ1v) is 12.0. The highest BCUT2D eigenvalue weighted by molar-refractivity contribution is 7.89. The lowest BCUT2D eigenvalue weighted by Crippen LogP contribution is -2.36. The van der Waals surface area contributed by atoms with E-state index < -0.39 is 10.0 Å². The lowest BCUT2D eigenvalue weighted by Gasteiger charge is -2.27. The Kier molecular flexibility index (Phi) is 7.70. The van der Waals surface area contributed by atoms with Crippen molar-refractivity contribution in [2.45, 2.75) is 37.6 Å². The van der Waals surface area contributed by atoms with Crippen molar-refractivity contribution >= 4 is 21.7 Å². The van der Waals surface area contributed by atoms with E-state index in [1.165, 1.54) is 5.56 Å². The van der Waals surface area contributed by atoms with Crippen molar-refractivity contribution in [1.82, 2.24) is 4.72 Å². The summed E-state index contributed by atoms with van der Waals surface area (Å²) in [4.78, 5) is 4.67. The van der Waals surface area contributed by atoms with Crippen molar-refractivity contribution in [1.29, 1.82) is 0 Å². The van der Waals surface area contributed by atoms with E-state index >= 15 is 0 Å². The number of guanidine groups is 1. The predicted octanol–water partition coefficient (Wildman–Crippen LogP) is 3.10. The molecule has 0 spiro atoms.